The van der Waals surface area contributed by atoms with Crippen molar-refractivity contribution in [3.05, 3.63) is 42.4 Å². The van der Waals surface area contributed by atoms with Gasteiger partial charge >= 0.3 is 5.97 Å². The summed E-state index contributed by atoms with van der Waals surface area (Å²) in [6.07, 6.45) is 7.37. The summed E-state index contributed by atoms with van der Waals surface area (Å²) in [5, 5.41) is 4.13. The summed E-state index contributed by atoms with van der Waals surface area (Å²) >= 11 is 0. The van der Waals surface area contributed by atoms with E-state index in [4.69, 9.17) is 4.74 Å². The van der Waals surface area contributed by atoms with E-state index in [1.807, 2.05) is 12.3 Å². The topological polar surface area (TPSA) is 57.0 Å². The van der Waals surface area contributed by atoms with E-state index >= 15 is 0 Å². The standard InChI is InChI=1S/C19H23N3O2/c1-12-15-9-14(19(15,2)3)10-16(12)24-18(23)13-5-6-17(20-11-13)22-8-4-7-21-22/h4-8,11-12,14-16H,9-10H2,1-3H3/t12-,14-,15-,16+/m1/s1. The zero-order valence-corrected chi connectivity index (χ0v) is 14.3. The molecule has 0 amide bonds. The smallest absolute Gasteiger partial charge is 0.339 e. The van der Waals surface area contributed by atoms with Crippen molar-refractivity contribution in [2.24, 2.45) is 23.2 Å². The normalized spacial score (nSPS) is 30.5. The van der Waals surface area contributed by atoms with Gasteiger partial charge in [-0.3, -0.25) is 0 Å². The van der Waals surface area contributed by atoms with Crippen LogP contribution >= 0.6 is 0 Å². The third-order valence-corrected chi connectivity index (χ3v) is 6.27. The molecule has 2 heterocycles. The van der Waals surface area contributed by atoms with Crippen molar-refractivity contribution in [3.63, 3.8) is 0 Å². The molecule has 0 aromatic carbocycles. The molecule has 3 aliphatic rings. The Morgan fingerprint density at radius 1 is 1.33 bits per heavy atom. The summed E-state index contributed by atoms with van der Waals surface area (Å²) in [5.74, 6) is 2.17. The number of hydrogen-bond acceptors (Lipinski definition) is 4. The van der Waals surface area contributed by atoms with Crippen molar-refractivity contribution < 1.29 is 9.53 Å². The second-order valence-electron chi connectivity index (χ2n) is 7.75. The molecule has 5 nitrogen and oxygen atoms in total. The molecule has 5 heteroatoms. The van der Waals surface area contributed by atoms with Crippen molar-refractivity contribution in [2.45, 2.75) is 39.7 Å². The van der Waals surface area contributed by atoms with Crippen LogP contribution < -0.4 is 0 Å². The number of carbonyl (C=O) groups is 1. The van der Waals surface area contributed by atoms with Gasteiger partial charge < -0.3 is 4.74 Å². The Labute approximate surface area is 142 Å². The molecular weight excluding hydrogens is 302 g/mol. The zero-order chi connectivity index (χ0) is 16.9. The van der Waals surface area contributed by atoms with Crippen LogP contribution in [0.25, 0.3) is 5.82 Å². The average molecular weight is 325 g/mol. The number of hydrogen-bond donors (Lipinski definition) is 0. The molecule has 3 saturated carbocycles. The van der Waals surface area contributed by atoms with E-state index in [2.05, 4.69) is 30.9 Å². The number of rotatable bonds is 3. The van der Waals surface area contributed by atoms with E-state index in [1.54, 1.807) is 29.2 Å². The molecule has 0 spiro atoms. The van der Waals surface area contributed by atoms with E-state index < -0.39 is 0 Å². The van der Waals surface area contributed by atoms with Crippen LogP contribution in [0.5, 0.6) is 0 Å². The van der Waals surface area contributed by atoms with Crippen LogP contribution in [-0.4, -0.2) is 26.8 Å². The fraction of sp³-hybridized carbons (Fsp3) is 0.526. The quantitative estimate of drug-likeness (QED) is 0.811. The van der Waals surface area contributed by atoms with Crippen LogP contribution in [0.4, 0.5) is 0 Å². The van der Waals surface area contributed by atoms with E-state index in [1.165, 1.54) is 6.42 Å². The van der Waals surface area contributed by atoms with Crippen molar-refractivity contribution in [2.75, 3.05) is 0 Å². The molecule has 2 bridgehead atoms. The van der Waals surface area contributed by atoms with Gasteiger partial charge in [0, 0.05) is 18.6 Å². The molecule has 24 heavy (non-hydrogen) atoms. The van der Waals surface area contributed by atoms with E-state index in [-0.39, 0.29) is 12.1 Å². The maximum Gasteiger partial charge on any atom is 0.339 e. The number of aromatic nitrogens is 3. The van der Waals surface area contributed by atoms with Gasteiger partial charge in [-0.15, -0.1) is 0 Å². The fourth-order valence-corrected chi connectivity index (χ4v) is 4.51. The van der Waals surface area contributed by atoms with Gasteiger partial charge in [0.2, 0.25) is 0 Å². The van der Waals surface area contributed by atoms with Gasteiger partial charge in [0.05, 0.1) is 5.56 Å². The van der Waals surface area contributed by atoms with E-state index in [0.717, 1.165) is 6.42 Å². The lowest BCUT2D eigenvalue weighted by Gasteiger charge is -2.61. The molecule has 3 aliphatic carbocycles. The molecule has 3 fully saturated rings. The lowest BCUT2D eigenvalue weighted by atomic mass is 9.45. The molecule has 4 atom stereocenters. The van der Waals surface area contributed by atoms with Crippen LogP contribution in [0.15, 0.2) is 36.8 Å². The minimum atomic E-state index is -0.273. The minimum absolute atomic E-state index is 0.0278. The number of nitrogens with zero attached hydrogens (tertiary/aromatic N) is 3. The lowest BCUT2D eigenvalue weighted by Crippen LogP contribution is -2.57. The Balaban J connectivity index is 1.44. The van der Waals surface area contributed by atoms with Gasteiger partial charge in [0.25, 0.3) is 0 Å². The van der Waals surface area contributed by atoms with Crippen LogP contribution in [0, 0.1) is 23.2 Å². The predicted octanol–water partition coefficient (Wildman–Crippen LogP) is 3.49. The summed E-state index contributed by atoms with van der Waals surface area (Å²) in [5.41, 5.74) is 0.895. The van der Waals surface area contributed by atoms with E-state index in [9.17, 15) is 4.79 Å². The SMILES string of the molecule is C[C@H]1[C@@H](OC(=O)c2ccc(-n3cccn3)nc2)C[C@H]2C[C@H]1C2(C)C. The fourth-order valence-electron chi connectivity index (χ4n) is 4.51. The molecule has 0 saturated heterocycles. The van der Waals surface area contributed by atoms with Gasteiger partial charge in [-0.1, -0.05) is 20.8 Å². The maximum atomic E-state index is 12.5. The molecule has 0 aliphatic heterocycles. The van der Waals surface area contributed by atoms with Crippen LogP contribution in [0.2, 0.25) is 0 Å². The number of fused-ring (bicyclic) bond motifs is 2. The monoisotopic (exact) mass is 325 g/mol. The lowest BCUT2D eigenvalue weighted by molar-refractivity contribution is -0.156. The van der Waals surface area contributed by atoms with Crippen LogP contribution in [0.1, 0.15) is 44.0 Å². The first-order valence-corrected chi connectivity index (χ1v) is 8.64. The molecule has 0 N–H and O–H groups in total. The molecule has 2 aromatic rings. The average Bonchev–Trinajstić information content (AvgIpc) is 3.10. The first-order valence-electron chi connectivity index (χ1n) is 8.64. The molecule has 0 radical (unpaired) electrons. The second-order valence-corrected chi connectivity index (χ2v) is 7.75. The Bertz CT molecular complexity index is 736. The minimum Gasteiger partial charge on any atom is -0.458 e. The largest absolute Gasteiger partial charge is 0.458 e. The Morgan fingerprint density at radius 2 is 2.17 bits per heavy atom. The third kappa shape index (κ3) is 2.34. The first-order chi connectivity index (χ1) is 11.5. The highest BCUT2D eigenvalue weighted by Crippen LogP contribution is 2.61. The second kappa shape index (κ2) is 5.43. The number of carbonyl (C=O) groups excluding carboxylic acids is 1. The summed E-state index contributed by atoms with van der Waals surface area (Å²) in [6, 6.07) is 5.38. The van der Waals surface area contributed by atoms with Crippen LogP contribution in [0.3, 0.4) is 0 Å². The van der Waals surface area contributed by atoms with Gasteiger partial charge in [-0.2, -0.15) is 5.10 Å². The van der Waals surface area contributed by atoms with Crippen LogP contribution in [-0.2, 0) is 4.74 Å². The Kier molecular flexibility index (Phi) is 3.48. The van der Waals surface area contributed by atoms with E-state index in [0.29, 0.717) is 34.6 Å². The summed E-state index contributed by atoms with van der Waals surface area (Å²) < 4.78 is 7.47. The number of pyridine rings is 1. The first kappa shape index (κ1) is 15.4. The highest BCUT2D eigenvalue weighted by molar-refractivity contribution is 5.89. The predicted molar refractivity (Wildman–Crippen MR) is 89.7 cm³/mol. The zero-order valence-electron chi connectivity index (χ0n) is 14.3. The van der Waals surface area contributed by atoms with Gasteiger partial charge in [-0.05, 0) is 54.2 Å². The molecular formula is C19H23N3O2. The maximum absolute atomic E-state index is 12.5. The van der Waals surface area contributed by atoms with Crippen molar-refractivity contribution in [1.82, 2.24) is 14.8 Å². The van der Waals surface area contributed by atoms with Gasteiger partial charge in [0.1, 0.15) is 6.10 Å². The molecule has 126 valence electrons. The third-order valence-electron chi connectivity index (χ3n) is 6.27. The summed E-state index contributed by atoms with van der Waals surface area (Å²) in [6.45, 7) is 6.91. The highest BCUT2D eigenvalue weighted by atomic mass is 16.5. The number of ether oxygens (including phenoxy) is 1. The number of esters is 1. The molecule has 2 aromatic heterocycles. The van der Waals surface area contributed by atoms with Crippen molar-refractivity contribution in [3.8, 4) is 5.82 Å². The van der Waals surface area contributed by atoms with Gasteiger partial charge in [-0.25, -0.2) is 14.5 Å². The summed E-state index contributed by atoms with van der Waals surface area (Å²) in [4.78, 5) is 16.8. The Morgan fingerprint density at radius 3 is 2.75 bits per heavy atom. The highest BCUT2D eigenvalue weighted by Gasteiger charge is 2.57. The van der Waals surface area contributed by atoms with Crippen molar-refractivity contribution in [1.29, 1.82) is 0 Å². The van der Waals surface area contributed by atoms with Gasteiger partial charge in [0.15, 0.2) is 5.82 Å². The Hall–Kier alpha value is -2.17. The van der Waals surface area contributed by atoms with Crippen molar-refractivity contribution >= 4 is 5.97 Å². The summed E-state index contributed by atoms with van der Waals surface area (Å²) in [7, 11) is 0. The molecule has 0 unspecified atom stereocenters. The molecule has 5 rings (SSSR count).